The van der Waals surface area contributed by atoms with Crippen molar-refractivity contribution in [2.45, 2.75) is 90.1 Å². The van der Waals surface area contributed by atoms with Crippen molar-refractivity contribution in [1.82, 2.24) is 19.8 Å². The first-order valence-corrected chi connectivity index (χ1v) is 17.2. The van der Waals surface area contributed by atoms with Gasteiger partial charge in [0.05, 0.1) is 13.2 Å². The summed E-state index contributed by atoms with van der Waals surface area (Å²) in [5.41, 5.74) is 3.45. The van der Waals surface area contributed by atoms with Crippen molar-refractivity contribution < 1.29 is 19.0 Å². The third kappa shape index (κ3) is 7.54. The van der Waals surface area contributed by atoms with Crippen molar-refractivity contribution in [3.63, 3.8) is 0 Å². The average molecular weight is 517 g/mol. The molecule has 3 heterocycles. The molecule has 1 N–H and O–H groups in total. The van der Waals surface area contributed by atoms with Gasteiger partial charge in [0.2, 0.25) is 0 Å². The summed E-state index contributed by atoms with van der Waals surface area (Å²) in [6.07, 6.45) is 4.41. The van der Waals surface area contributed by atoms with Crippen molar-refractivity contribution in [3.05, 3.63) is 29.6 Å². The molecule has 0 radical (unpaired) electrons. The Kier molecular flexibility index (Phi) is 9.08. The summed E-state index contributed by atoms with van der Waals surface area (Å²) in [4.78, 5) is 19.4. The van der Waals surface area contributed by atoms with E-state index in [-0.39, 0.29) is 18.2 Å². The van der Waals surface area contributed by atoms with Crippen LogP contribution < -0.4 is 5.32 Å². The predicted molar refractivity (Wildman–Crippen MR) is 145 cm³/mol. The van der Waals surface area contributed by atoms with Crippen LogP contribution in [0.3, 0.4) is 0 Å². The average Bonchev–Trinajstić information content (AvgIpc) is 3.40. The van der Waals surface area contributed by atoms with Gasteiger partial charge in [-0.25, -0.2) is 9.78 Å². The standard InChI is InChI=1S/C27H44N4O4Si/c1-20(2)29-27(32)35-25-7-6-21(16-25)23-14-22-15-24(18-30-8-10-33-11-9-30)31(26(22)28-17-23)19-34-12-13-36(3,4)5/h14-15,17,20-21,25H,6-13,16,18-19H2,1-5H3,(H,29,32)/t21-,25+/m0/s1. The highest BCUT2D eigenvalue weighted by Crippen LogP contribution is 2.37. The number of nitrogens with zero attached hydrogens (tertiary/aromatic N) is 3. The molecule has 2 atom stereocenters. The maximum Gasteiger partial charge on any atom is 0.407 e. The largest absolute Gasteiger partial charge is 0.446 e. The van der Waals surface area contributed by atoms with Gasteiger partial charge in [0.1, 0.15) is 18.5 Å². The highest BCUT2D eigenvalue weighted by molar-refractivity contribution is 6.76. The van der Waals surface area contributed by atoms with E-state index in [1.165, 1.54) is 11.3 Å². The van der Waals surface area contributed by atoms with Crippen LogP contribution in [0, 0.1) is 0 Å². The second-order valence-electron chi connectivity index (χ2n) is 11.8. The van der Waals surface area contributed by atoms with Gasteiger partial charge in [0, 0.05) is 57.6 Å². The van der Waals surface area contributed by atoms with E-state index in [4.69, 9.17) is 19.2 Å². The first kappa shape index (κ1) is 27.1. The minimum atomic E-state index is -1.14. The molecule has 0 aromatic carbocycles. The molecule has 9 heteroatoms. The fourth-order valence-corrected chi connectivity index (χ4v) is 5.77. The highest BCUT2D eigenvalue weighted by Gasteiger charge is 2.29. The number of pyridine rings is 1. The molecule has 200 valence electrons. The third-order valence-electron chi connectivity index (χ3n) is 7.08. The molecule has 2 aromatic rings. The molecular weight excluding hydrogens is 472 g/mol. The molecule has 8 nitrogen and oxygen atoms in total. The summed E-state index contributed by atoms with van der Waals surface area (Å²) in [5.74, 6) is 0.359. The number of carbonyl (C=O) groups excluding carboxylic acids is 1. The molecule has 36 heavy (non-hydrogen) atoms. The van der Waals surface area contributed by atoms with Crippen molar-refractivity contribution in [1.29, 1.82) is 0 Å². The van der Waals surface area contributed by atoms with Crippen LogP contribution in [0.4, 0.5) is 4.79 Å². The van der Waals surface area contributed by atoms with Crippen LogP contribution in [0.5, 0.6) is 0 Å². The Bertz CT molecular complexity index is 1010. The number of ether oxygens (including phenoxy) is 3. The Morgan fingerprint density at radius 2 is 2.00 bits per heavy atom. The molecule has 0 unspecified atom stereocenters. The Morgan fingerprint density at radius 3 is 2.72 bits per heavy atom. The molecule has 4 rings (SSSR count). The third-order valence-corrected chi connectivity index (χ3v) is 8.79. The number of morpholine rings is 1. The summed E-state index contributed by atoms with van der Waals surface area (Å²) in [6.45, 7) is 16.7. The number of rotatable bonds is 10. The van der Waals surface area contributed by atoms with Gasteiger partial charge in [-0.3, -0.25) is 4.90 Å². The van der Waals surface area contributed by atoms with E-state index in [2.05, 4.69) is 46.6 Å². The predicted octanol–water partition coefficient (Wildman–Crippen LogP) is 4.95. The van der Waals surface area contributed by atoms with Crippen molar-refractivity contribution in [2.24, 2.45) is 0 Å². The smallest absolute Gasteiger partial charge is 0.407 e. The van der Waals surface area contributed by atoms with Crippen LogP contribution in [-0.2, 0) is 27.5 Å². The van der Waals surface area contributed by atoms with Gasteiger partial charge in [-0.05, 0) is 62.8 Å². The van der Waals surface area contributed by atoms with Crippen LogP contribution in [0.25, 0.3) is 11.0 Å². The van der Waals surface area contributed by atoms with Crippen molar-refractivity contribution in [2.75, 3.05) is 32.9 Å². The quantitative estimate of drug-likeness (QED) is 0.356. The molecule has 2 aromatic heterocycles. The number of fused-ring (bicyclic) bond motifs is 1. The first-order valence-electron chi connectivity index (χ1n) is 13.5. The number of carbonyl (C=O) groups is 1. The molecular formula is C27H44N4O4Si. The summed E-state index contributed by atoms with van der Waals surface area (Å²) < 4.78 is 19.6. The van der Waals surface area contributed by atoms with Crippen LogP contribution >= 0.6 is 0 Å². The molecule has 1 saturated carbocycles. The van der Waals surface area contributed by atoms with Crippen molar-refractivity contribution in [3.8, 4) is 0 Å². The molecule has 2 aliphatic rings. The summed E-state index contributed by atoms with van der Waals surface area (Å²) in [5, 5.41) is 3.98. The number of nitrogens with one attached hydrogen (secondary N) is 1. The lowest BCUT2D eigenvalue weighted by molar-refractivity contribution is 0.0312. The van der Waals surface area contributed by atoms with Crippen LogP contribution in [0.2, 0.25) is 25.7 Å². The minimum Gasteiger partial charge on any atom is -0.446 e. The Balaban J connectivity index is 1.47. The van der Waals surface area contributed by atoms with Gasteiger partial charge in [0.25, 0.3) is 0 Å². The number of alkyl carbamates (subject to hydrolysis) is 1. The number of aromatic nitrogens is 2. The van der Waals surface area contributed by atoms with E-state index < -0.39 is 8.07 Å². The monoisotopic (exact) mass is 516 g/mol. The van der Waals surface area contributed by atoms with Gasteiger partial charge in [-0.1, -0.05) is 19.6 Å². The summed E-state index contributed by atoms with van der Waals surface area (Å²) in [7, 11) is -1.14. The van der Waals surface area contributed by atoms with Gasteiger partial charge in [-0.15, -0.1) is 0 Å². The molecule has 1 amide bonds. The maximum atomic E-state index is 12.0. The zero-order valence-corrected chi connectivity index (χ0v) is 23.7. The van der Waals surface area contributed by atoms with Crippen LogP contribution in [0.1, 0.15) is 50.3 Å². The lowest BCUT2D eigenvalue weighted by Crippen LogP contribution is -2.36. The minimum absolute atomic E-state index is 0.0364. The fourth-order valence-electron chi connectivity index (χ4n) is 5.01. The zero-order valence-electron chi connectivity index (χ0n) is 22.7. The molecule has 0 spiro atoms. The molecule has 1 aliphatic heterocycles. The van der Waals surface area contributed by atoms with E-state index in [0.29, 0.717) is 12.6 Å². The maximum absolute atomic E-state index is 12.0. The van der Waals surface area contributed by atoms with Gasteiger partial charge < -0.3 is 24.1 Å². The Labute approximate surface area is 216 Å². The van der Waals surface area contributed by atoms with Gasteiger partial charge in [0.15, 0.2) is 0 Å². The molecule has 1 aliphatic carbocycles. The number of hydrogen-bond acceptors (Lipinski definition) is 6. The van der Waals surface area contributed by atoms with Gasteiger partial charge in [-0.2, -0.15) is 0 Å². The van der Waals surface area contributed by atoms with E-state index in [1.807, 2.05) is 20.0 Å². The van der Waals surface area contributed by atoms with Crippen LogP contribution in [0.15, 0.2) is 18.3 Å². The Morgan fingerprint density at radius 1 is 1.22 bits per heavy atom. The van der Waals surface area contributed by atoms with E-state index in [1.54, 1.807) is 0 Å². The summed E-state index contributed by atoms with van der Waals surface area (Å²) >= 11 is 0. The molecule has 0 bridgehead atoms. The van der Waals surface area contributed by atoms with E-state index >= 15 is 0 Å². The fraction of sp³-hybridized carbons (Fsp3) is 0.704. The second kappa shape index (κ2) is 12.1. The zero-order chi connectivity index (χ0) is 25.7. The number of amides is 1. The van der Waals surface area contributed by atoms with Crippen LogP contribution in [-0.4, -0.2) is 73.7 Å². The van der Waals surface area contributed by atoms with E-state index in [0.717, 1.165) is 75.8 Å². The summed E-state index contributed by atoms with van der Waals surface area (Å²) in [6, 6.07) is 5.80. The van der Waals surface area contributed by atoms with Gasteiger partial charge >= 0.3 is 6.09 Å². The lowest BCUT2D eigenvalue weighted by atomic mass is 9.99. The number of hydrogen-bond donors (Lipinski definition) is 1. The SMILES string of the molecule is CC(C)NC(=O)O[C@@H]1CC[C@H](c2cnc3c(c2)cc(CN2CCOCC2)n3COCC[Si](C)(C)C)C1. The Hall–Kier alpha value is -1.94. The molecule has 1 saturated heterocycles. The topological polar surface area (TPSA) is 77.9 Å². The highest BCUT2D eigenvalue weighted by atomic mass is 28.3. The lowest BCUT2D eigenvalue weighted by Gasteiger charge is -2.27. The normalized spacial score (nSPS) is 21.4. The van der Waals surface area contributed by atoms with E-state index in [9.17, 15) is 4.79 Å². The molecule has 2 fully saturated rings. The first-order chi connectivity index (χ1) is 17.2. The van der Waals surface area contributed by atoms with Crippen molar-refractivity contribution >= 4 is 25.2 Å². The second-order valence-corrected chi connectivity index (χ2v) is 17.4.